The highest BCUT2D eigenvalue weighted by Gasteiger charge is 2.45. The second-order valence-electron chi connectivity index (χ2n) is 18.0. The minimum absolute atomic E-state index is 0.164. The molecule has 3 unspecified atom stereocenters. The van der Waals surface area contributed by atoms with Crippen molar-refractivity contribution in [2.45, 2.75) is 81.4 Å². The summed E-state index contributed by atoms with van der Waals surface area (Å²) in [5.41, 5.74) is 10.7. The number of ether oxygens (including phenoxy) is 1. The second-order valence-corrected chi connectivity index (χ2v) is 18.0. The Morgan fingerprint density at radius 1 is 0.683 bits per heavy atom. The van der Waals surface area contributed by atoms with Crippen LogP contribution in [0.2, 0.25) is 0 Å². The fraction of sp³-hybridized carbons (Fsp3) is 0.447. The lowest BCUT2D eigenvalue weighted by Gasteiger charge is -2.50. The first kappa shape index (κ1) is 39.9. The van der Waals surface area contributed by atoms with Crippen molar-refractivity contribution in [3.8, 4) is 22.8 Å². The molecule has 0 bridgehead atoms. The van der Waals surface area contributed by atoms with Gasteiger partial charge in [-0.15, -0.1) is 0 Å². The molecule has 11 rings (SSSR count). The number of rotatable bonds is 9. The zero-order chi connectivity index (χ0) is 42.8. The summed E-state index contributed by atoms with van der Waals surface area (Å²) >= 11 is 0. The number of benzene rings is 3. The molecular weight excluding hydrogens is 799 g/mol. The third kappa shape index (κ3) is 7.37. The number of aromatic nitrogens is 4. The van der Waals surface area contributed by atoms with E-state index in [0.717, 1.165) is 122 Å². The van der Waals surface area contributed by atoms with E-state index in [2.05, 4.69) is 34.6 Å². The standard InChI is InChI=1S/C47H53N11O5/c48-43-41-42(29-6-9-36(10-7-29)63-35-4-2-1-3-5-35)52-58(44(41)50-28-49-43)31-16-21-54(22-17-31)33-18-23-55(25-33)34-26-56(27-34)30-14-19-53(20-15-30)32-8-11-37-38(24-32)47(62)57(46(37)61)39-12-13-40(59)51-45(39)60/h1-11,24,28,30-31,33-34,39,45,60H,12-23,25-27H2,(H,51,59)(H2,48,49,50). The van der Waals surface area contributed by atoms with Gasteiger partial charge in [0.15, 0.2) is 5.65 Å². The maximum atomic E-state index is 13.4. The van der Waals surface area contributed by atoms with Crippen LogP contribution in [0.25, 0.3) is 22.3 Å². The Labute approximate surface area is 365 Å². The number of para-hydroxylation sites is 1. The average molecular weight is 852 g/mol. The summed E-state index contributed by atoms with van der Waals surface area (Å²) in [4.78, 5) is 58.9. The van der Waals surface area contributed by atoms with Gasteiger partial charge in [-0.25, -0.2) is 14.6 Å². The van der Waals surface area contributed by atoms with Gasteiger partial charge >= 0.3 is 0 Å². The molecule has 63 heavy (non-hydrogen) atoms. The van der Waals surface area contributed by atoms with Gasteiger partial charge in [-0.2, -0.15) is 5.10 Å². The van der Waals surface area contributed by atoms with Gasteiger partial charge in [0.05, 0.1) is 28.6 Å². The van der Waals surface area contributed by atoms with Crippen molar-refractivity contribution in [1.29, 1.82) is 0 Å². The summed E-state index contributed by atoms with van der Waals surface area (Å²) < 4.78 is 8.12. The lowest BCUT2D eigenvalue weighted by Crippen LogP contribution is -2.63. The zero-order valence-corrected chi connectivity index (χ0v) is 35.3. The fourth-order valence-electron chi connectivity index (χ4n) is 10.9. The predicted octanol–water partition coefficient (Wildman–Crippen LogP) is 4.13. The van der Waals surface area contributed by atoms with Crippen LogP contribution in [-0.2, 0) is 4.79 Å². The number of nitrogens with one attached hydrogen (secondary N) is 1. The van der Waals surface area contributed by atoms with E-state index in [0.29, 0.717) is 35.1 Å². The fourth-order valence-corrected chi connectivity index (χ4v) is 10.9. The van der Waals surface area contributed by atoms with Crippen LogP contribution in [0.4, 0.5) is 11.5 Å². The highest BCUT2D eigenvalue weighted by atomic mass is 16.5. The van der Waals surface area contributed by atoms with Crippen LogP contribution in [0.5, 0.6) is 11.5 Å². The largest absolute Gasteiger partial charge is 0.457 e. The maximum Gasteiger partial charge on any atom is 0.262 e. The summed E-state index contributed by atoms with van der Waals surface area (Å²) in [5.74, 6) is 0.885. The molecular formula is C47H53N11O5. The van der Waals surface area contributed by atoms with Crippen molar-refractivity contribution in [3.63, 3.8) is 0 Å². The number of hydrogen-bond donors (Lipinski definition) is 3. The normalized spacial score (nSPS) is 24.6. The maximum absolute atomic E-state index is 13.4. The van der Waals surface area contributed by atoms with E-state index in [-0.39, 0.29) is 24.8 Å². The molecule has 0 aliphatic carbocycles. The predicted molar refractivity (Wildman–Crippen MR) is 236 cm³/mol. The lowest BCUT2D eigenvalue weighted by molar-refractivity contribution is -0.129. The van der Waals surface area contributed by atoms with Gasteiger partial charge in [-0.1, -0.05) is 18.2 Å². The second kappa shape index (κ2) is 16.3. The molecule has 0 spiro atoms. The van der Waals surface area contributed by atoms with E-state index in [1.165, 1.54) is 12.7 Å². The van der Waals surface area contributed by atoms with E-state index in [1.807, 2.05) is 66.7 Å². The SMILES string of the molecule is Nc1ncnc2c1c(-c1ccc(Oc3ccccc3)cc1)nn2C1CCN(C2CCN(C3CN(C4CCN(c5ccc6c(c5)C(=O)N(C5CCC(=O)NC5O)C6=O)CC4)C3)C2)CC1. The molecule has 5 saturated heterocycles. The first-order valence-corrected chi connectivity index (χ1v) is 22.5. The highest BCUT2D eigenvalue weighted by molar-refractivity contribution is 6.22. The molecule has 6 aliphatic rings. The molecule has 0 radical (unpaired) electrons. The molecule has 0 saturated carbocycles. The van der Waals surface area contributed by atoms with Crippen LogP contribution in [0.15, 0.2) is 79.1 Å². The van der Waals surface area contributed by atoms with Gasteiger partial charge in [-0.05, 0) is 93.1 Å². The molecule has 8 heterocycles. The quantitative estimate of drug-likeness (QED) is 0.181. The number of aliphatic hydroxyl groups is 1. The molecule has 16 heteroatoms. The van der Waals surface area contributed by atoms with Crippen LogP contribution >= 0.6 is 0 Å². The molecule has 5 fully saturated rings. The average Bonchev–Trinajstić information content (AvgIpc) is 4.00. The number of nitrogens with two attached hydrogens (primary N) is 1. The third-order valence-corrected chi connectivity index (χ3v) is 14.5. The number of amides is 3. The van der Waals surface area contributed by atoms with E-state index in [1.54, 1.807) is 6.07 Å². The van der Waals surface area contributed by atoms with Gasteiger partial charge < -0.3 is 25.8 Å². The highest BCUT2D eigenvalue weighted by Crippen LogP contribution is 2.38. The van der Waals surface area contributed by atoms with Crippen molar-refractivity contribution < 1.29 is 24.2 Å². The molecule has 6 aliphatic heterocycles. The number of likely N-dealkylation sites (tertiary alicyclic amines) is 3. The van der Waals surface area contributed by atoms with Gasteiger partial charge in [0.1, 0.15) is 35.6 Å². The monoisotopic (exact) mass is 851 g/mol. The number of fused-ring (bicyclic) bond motifs is 2. The number of aliphatic hydroxyl groups excluding tert-OH is 1. The number of nitrogen functional groups attached to an aromatic ring is 1. The Hall–Kier alpha value is -5.94. The Morgan fingerprint density at radius 2 is 1.37 bits per heavy atom. The number of imide groups is 1. The topological polar surface area (TPSA) is 179 Å². The van der Waals surface area contributed by atoms with Crippen molar-refractivity contribution in [2.75, 3.05) is 63.0 Å². The Morgan fingerprint density at radius 3 is 2.13 bits per heavy atom. The van der Waals surface area contributed by atoms with Gasteiger partial charge in [0.25, 0.3) is 11.8 Å². The molecule has 4 N–H and O–H groups in total. The number of hydrogen-bond acceptors (Lipinski definition) is 13. The first-order chi connectivity index (χ1) is 30.8. The molecule has 2 aromatic heterocycles. The van der Waals surface area contributed by atoms with Crippen LogP contribution in [0.3, 0.4) is 0 Å². The number of carbonyl (C=O) groups excluding carboxylic acids is 3. The van der Waals surface area contributed by atoms with Crippen molar-refractivity contribution >= 4 is 40.3 Å². The van der Waals surface area contributed by atoms with Crippen LogP contribution in [-0.4, -0.2) is 145 Å². The van der Waals surface area contributed by atoms with Crippen LogP contribution in [0, 0.1) is 0 Å². The minimum Gasteiger partial charge on any atom is -0.457 e. The van der Waals surface area contributed by atoms with Crippen LogP contribution in [0.1, 0.15) is 71.7 Å². The summed E-state index contributed by atoms with van der Waals surface area (Å²) in [6.45, 7) is 8.32. The molecule has 16 nitrogen and oxygen atoms in total. The number of anilines is 2. The van der Waals surface area contributed by atoms with Gasteiger partial charge in [0.2, 0.25) is 5.91 Å². The van der Waals surface area contributed by atoms with Crippen molar-refractivity contribution in [2.24, 2.45) is 0 Å². The minimum atomic E-state index is -1.26. The summed E-state index contributed by atoms with van der Waals surface area (Å²) in [6, 6.07) is 24.4. The summed E-state index contributed by atoms with van der Waals surface area (Å²) in [5, 5.41) is 18.8. The van der Waals surface area contributed by atoms with Crippen molar-refractivity contribution in [3.05, 3.63) is 90.3 Å². The summed E-state index contributed by atoms with van der Waals surface area (Å²) in [7, 11) is 0. The number of nitrogens with zero attached hydrogens (tertiary/aromatic N) is 9. The van der Waals surface area contributed by atoms with Gasteiger partial charge in [-0.3, -0.25) is 34.0 Å². The number of carbonyl (C=O) groups is 3. The zero-order valence-electron chi connectivity index (χ0n) is 35.3. The Kier molecular flexibility index (Phi) is 10.3. The summed E-state index contributed by atoms with van der Waals surface area (Å²) in [6.07, 6.45) is 6.00. The smallest absolute Gasteiger partial charge is 0.262 e. The first-order valence-electron chi connectivity index (χ1n) is 22.5. The molecule has 3 amide bonds. The molecule has 326 valence electrons. The van der Waals surface area contributed by atoms with Gasteiger partial charge in [0, 0.05) is 88.2 Å². The Balaban J connectivity index is 0.657. The van der Waals surface area contributed by atoms with Crippen molar-refractivity contribution in [1.82, 2.24) is 44.7 Å². The van der Waals surface area contributed by atoms with E-state index in [4.69, 9.17) is 20.6 Å². The number of piperidine rings is 3. The third-order valence-electron chi connectivity index (χ3n) is 14.5. The molecule has 5 aromatic rings. The Bertz CT molecular complexity index is 2530. The van der Waals surface area contributed by atoms with E-state index < -0.39 is 24.1 Å². The molecule has 3 atom stereocenters. The van der Waals surface area contributed by atoms with E-state index in [9.17, 15) is 19.5 Å². The molecule has 3 aromatic carbocycles. The lowest BCUT2D eigenvalue weighted by atomic mass is 9.96. The van der Waals surface area contributed by atoms with E-state index >= 15 is 0 Å². The van der Waals surface area contributed by atoms with Crippen LogP contribution < -0.4 is 20.7 Å².